The lowest BCUT2D eigenvalue weighted by molar-refractivity contribution is 0.645. The van der Waals surface area contributed by atoms with E-state index in [1.807, 2.05) is 17.8 Å². The molecule has 1 aliphatic rings. The van der Waals surface area contributed by atoms with Gasteiger partial charge in [0.1, 0.15) is 0 Å². The van der Waals surface area contributed by atoms with Crippen molar-refractivity contribution in [3.8, 4) is 11.1 Å². The van der Waals surface area contributed by atoms with Crippen LogP contribution in [0.3, 0.4) is 0 Å². The Morgan fingerprint density at radius 1 is 0.947 bits per heavy atom. The van der Waals surface area contributed by atoms with Crippen molar-refractivity contribution in [3.63, 3.8) is 0 Å². The van der Waals surface area contributed by atoms with Gasteiger partial charge in [-0.3, -0.25) is 0 Å². The molecule has 2 unspecified atom stereocenters. The Balaban J connectivity index is 1.79. The van der Waals surface area contributed by atoms with Crippen LogP contribution >= 0.6 is 11.8 Å². The quantitative estimate of drug-likeness (QED) is 0.901. The SMILES string of the molecule is NC(c1ccc(-c2ccccc2)cc1)C1CCCS1. The molecule has 0 aliphatic carbocycles. The lowest BCUT2D eigenvalue weighted by Crippen LogP contribution is -2.21. The molecule has 0 aromatic heterocycles. The van der Waals surface area contributed by atoms with Crippen molar-refractivity contribution >= 4 is 11.8 Å². The van der Waals surface area contributed by atoms with Gasteiger partial charge < -0.3 is 5.73 Å². The molecule has 2 aromatic rings. The maximum absolute atomic E-state index is 6.37. The molecule has 2 aromatic carbocycles. The van der Waals surface area contributed by atoms with Crippen LogP contribution in [0.1, 0.15) is 24.4 Å². The van der Waals surface area contributed by atoms with Gasteiger partial charge in [-0.2, -0.15) is 11.8 Å². The second-order valence-corrected chi connectivity index (χ2v) is 6.41. The summed E-state index contributed by atoms with van der Waals surface area (Å²) in [5.41, 5.74) is 10.2. The molecule has 0 saturated carbocycles. The highest BCUT2D eigenvalue weighted by atomic mass is 32.2. The molecule has 0 amide bonds. The summed E-state index contributed by atoms with van der Waals surface area (Å²) in [5.74, 6) is 1.26. The Hall–Kier alpha value is -1.25. The van der Waals surface area contributed by atoms with Crippen LogP contribution in [0.5, 0.6) is 0 Å². The average Bonchev–Trinajstić information content (AvgIpc) is 3.02. The van der Waals surface area contributed by atoms with E-state index in [9.17, 15) is 0 Å². The van der Waals surface area contributed by atoms with Crippen LogP contribution < -0.4 is 5.73 Å². The molecule has 2 heteroatoms. The molecule has 1 fully saturated rings. The van der Waals surface area contributed by atoms with Crippen molar-refractivity contribution < 1.29 is 0 Å². The fourth-order valence-corrected chi connectivity index (χ4v) is 3.96. The average molecular weight is 269 g/mol. The third-order valence-corrected chi connectivity index (χ3v) is 5.25. The number of thioether (sulfide) groups is 1. The highest BCUT2D eigenvalue weighted by Gasteiger charge is 2.23. The van der Waals surface area contributed by atoms with Crippen LogP contribution in [0.15, 0.2) is 54.6 Å². The normalized spacial score (nSPS) is 20.4. The van der Waals surface area contributed by atoms with Gasteiger partial charge in [0.15, 0.2) is 0 Å². The van der Waals surface area contributed by atoms with Gasteiger partial charge in [0.2, 0.25) is 0 Å². The minimum Gasteiger partial charge on any atom is -0.323 e. The summed E-state index contributed by atoms with van der Waals surface area (Å²) in [6.07, 6.45) is 2.57. The predicted octanol–water partition coefficient (Wildman–Crippen LogP) is 4.25. The fraction of sp³-hybridized carbons (Fsp3) is 0.294. The molecule has 98 valence electrons. The Labute approximate surface area is 119 Å². The van der Waals surface area contributed by atoms with Gasteiger partial charge >= 0.3 is 0 Å². The Kier molecular flexibility index (Phi) is 3.90. The minimum atomic E-state index is 0.178. The van der Waals surface area contributed by atoms with E-state index in [0.29, 0.717) is 5.25 Å². The summed E-state index contributed by atoms with van der Waals surface area (Å²) in [7, 11) is 0. The Morgan fingerprint density at radius 2 is 1.63 bits per heavy atom. The third-order valence-electron chi connectivity index (χ3n) is 3.77. The highest BCUT2D eigenvalue weighted by Crippen LogP contribution is 2.35. The summed E-state index contributed by atoms with van der Waals surface area (Å²) in [5, 5.41) is 0.600. The van der Waals surface area contributed by atoms with Gasteiger partial charge in [0, 0.05) is 11.3 Å². The summed E-state index contributed by atoms with van der Waals surface area (Å²) < 4.78 is 0. The van der Waals surface area contributed by atoms with E-state index in [1.54, 1.807) is 0 Å². The van der Waals surface area contributed by atoms with E-state index in [4.69, 9.17) is 5.73 Å². The molecule has 1 saturated heterocycles. The maximum atomic E-state index is 6.37. The van der Waals surface area contributed by atoms with E-state index in [2.05, 4.69) is 48.5 Å². The lowest BCUT2D eigenvalue weighted by Gasteiger charge is -2.18. The van der Waals surface area contributed by atoms with Gasteiger partial charge in [-0.25, -0.2) is 0 Å². The number of rotatable bonds is 3. The van der Waals surface area contributed by atoms with Gasteiger partial charge in [-0.1, -0.05) is 54.6 Å². The molecule has 3 rings (SSSR count). The van der Waals surface area contributed by atoms with Crippen molar-refractivity contribution in [2.24, 2.45) is 5.73 Å². The zero-order chi connectivity index (χ0) is 13.1. The van der Waals surface area contributed by atoms with Crippen molar-refractivity contribution in [3.05, 3.63) is 60.2 Å². The Morgan fingerprint density at radius 3 is 2.26 bits per heavy atom. The molecule has 1 heterocycles. The second-order valence-electron chi connectivity index (χ2n) is 5.07. The first-order valence-corrected chi connectivity index (χ1v) is 7.92. The molecule has 2 atom stereocenters. The smallest absolute Gasteiger partial charge is 0.0415 e. The number of nitrogens with two attached hydrogens (primary N) is 1. The summed E-state index contributed by atoms with van der Waals surface area (Å²) >= 11 is 2.02. The van der Waals surface area contributed by atoms with Crippen LogP contribution in [-0.4, -0.2) is 11.0 Å². The zero-order valence-corrected chi connectivity index (χ0v) is 11.8. The molecule has 1 nitrogen and oxygen atoms in total. The molecule has 0 radical (unpaired) electrons. The van der Waals surface area contributed by atoms with E-state index in [-0.39, 0.29) is 6.04 Å². The Bertz CT molecular complexity index is 515. The fourth-order valence-electron chi connectivity index (χ4n) is 2.63. The highest BCUT2D eigenvalue weighted by molar-refractivity contribution is 8.00. The van der Waals surface area contributed by atoms with E-state index >= 15 is 0 Å². The summed E-state index contributed by atoms with van der Waals surface area (Å²) in [4.78, 5) is 0. The number of benzene rings is 2. The van der Waals surface area contributed by atoms with Crippen LogP contribution in [0.2, 0.25) is 0 Å². The van der Waals surface area contributed by atoms with Crippen LogP contribution in [0.25, 0.3) is 11.1 Å². The molecule has 1 aliphatic heterocycles. The molecule has 0 bridgehead atoms. The first-order valence-electron chi connectivity index (χ1n) is 6.87. The van der Waals surface area contributed by atoms with Crippen molar-refractivity contribution in [1.29, 1.82) is 0 Å². The maximum Gasteiger partial charge on any atom is 0.0415 e. The van der Waals surface area contributed by atoms with Crippen LogP contribution in [-0.2, 0) is 0 Å². The van der Waals surface area contributed by atoms with Gasteiger partial charge in [-0.15, -0.1) is 0 Å². The van der Waals surface area contributed by atoms with Gasteiger partial charge in [0.05, 0.1) is 0 Å². The summed E-state index contributed by atoms with van der Waals surface area (Å²) in [6, 6.07) is 19.4. The lowest BCUT2D eigenvalue weighted by atomic mass is 9.98. The van der Waals surface area contributed by atoms with E-state index < -0.39 is 0 Å². The van der Waals surface area contributed by atoms with Crippen molar-refractivity contribution in [2.75, 3.05) is 5.75 Å². The second kappa shape index (κ2) is 5.81. The van der Waals surface area contributed by atoms with Crippen molar-refractivity contribution in [1.82, 2.24) is 0 Å². The molecular formula is C17H19NS. The van der Waals surface area contributed by atoms with Crippen LogP contribution in [0, 0.1) is 0 Å². The van der Waals surface area contributed by atoms with Gasteiger partial charge in [-0.05, 0) is 35.3 Å². The number of hydrogen-bond donors (Lipinski definition) is 1. The largest absolute Gasteiger partial charge is 0.323 e. The molecule has 0 spiro atoms. The molecule has 2 N–H and O–H groups in total. The van der Waals surface area contributed by atoms with Crippen LogP contribution in [0.4, 0.5) is 0 Å². The standard InChI is InChI=1S/C17H19NS/c18-17(16-7-4-12-19-16)15-10-8-14(9-11-15)13-5-2-1-3-6-13/h1-3,5-6,8-11,16-17H,4,7,12,18H2. The topological polar surface area (TPSA) is 26.0 Å². The minimum absolute atomic E-state index is 0.178. The first kappa shape index (κ1) is 12.8. The molecular weight excluding hydrogens is 250 g/mol. The molecule has 19 heavy (non-hydrogen) atoms. The van der Waals surface area contributed by atoms with Gasteiger partial charge in [0.25, 0.3) is 0 Å². The van der Waals surface area contributed by atoms with E-state index in [0.717, 1.165) is 0 Å². The summed E-state index contributed by atoms with van der Waals surface area (Å²) in [6.45, 7) is 0. The monoisotopic (exact) mass is 269 g/mol. The third kappa shape index (κ3) is 2.85. The number of hydrogen-bond acceptors (Lipinski definition) is 2. The predicted molar refractivity (Wildman–Crippen MR) is 84.3 cm³/mol. The first-order chi connectivity index (χ1) is 9.34. The van der Waals surface area contributed by atoms with Crippen molar-refractivity contribution in [2.45, 2.75) is 24.1 Å². The van der Waals surface area contributed by atoms with E-state index in [1.165, 1.54) is 35.3 Å². The zero-order valence-electron chi connectivity index (χ0n) is 11.0.